The Morgan fingerprint density at radius 2 is 2.13 bits per heavy atom. The zero-order valence-corrected chi connectivity index (χ0v) is 8.60. The van der Waals surface area contributed by atoms with E-state index < -0.39 is 0 Å². The molecule has 4 heteroatoms. The van der Waals surface area contributed by atoms with Crippen LogP contribution in [0, 0.1) is 0 Å². The summed E-state index contributed by atoms with van der Waals surface area (Å²) in [5.41, 5.74) is 7.53. The molecule has 0 aliphatic carbocycles. The van der Waals surface area contributed by atoms with Gasteiger partial charge >= 0.3 is 0 Å². The first kappa shape index (κ1) is 10.3. The molecule has 15 heavy (non-hydrogen) atoms. The zero-order chi connectivity index (χ0) is 10.7. The van der Waals surface area contributed by atoms with Crippen molar-refractivity contribution in [2.75, 3.05) is 36.9 Å². The number of benzene rings is 1. The molecule has 1 heterocycles. The highest BCUT2D eigenvalue weighted by molar-refractivity contribution is 5.53. The fourth-order valence-electron chi connectivity index (χ4n) is 1.75. The van der Waals surface area contributed by atoms with Crippen LogP contribution in [0.5, 0.6) is 0 Å². The summed E-state index contributed by atoms with van der Waals surface area (Å²) in [6.45, 7) is 2.34. The Kier molecular flexibility index (Phi) is 3.08. The second-order valence-electron chi connectivity index (χ2n) is 3.71. The highest BCUT2D eigenvalue weighted by Gasteiger charge is 2.19. The quantitative estimate of drug-likeness (QED) is 0.693. The molecule has 0 saturated carbocycles. The van der Waals surface area contributed by atoms with Gasteiger partial charge in [-0.2, -0.15) is 0 Å². The normalized spacial score (nSPS) is 21.7. The summed E-state index contributed by atoms with van der Waals surface area (Å²) < 4.78 is 5.39. The molecule has 1 atom stereocenters. The number of hydrogen-bond donors (Lipinski definition) is 2. The molecule has 1 fully saturated rings. The van der Waals surface area contributed by atoms with Crippen LogP contribution in [0.2, 0.25) is 0 Å². The lowest BCUT2D eigenvalue weighted by Crippen LogP contribution is -2.44. The third-order valence-electron chi connectivity index (χ3n) is 2.60. The first-order valence-corrected chi connectivity index (χ1v) is 5.12. The van der Waals surface area contributed by atoms with Crippen LogP contribution < -0.4 is 10.6 Å². The predicted molar refractivity (Wildman–Crippen MR) is 59.9 cm³/mol. The Morgan fingerprint density at radius 1 is 1.40 bits per heavy atom. The summed E-state index contributed by atoms with van der Waals surface area (Å²) in [6, 6.07) is 7.77. The number of nitrogen functional groups attached to an aromatic ring is 1. The van der Waals surface area contributed by atoms with E-state index in [9.17, 15) is 0 Å². The van der Waals surface area contributed by atoms with E-state index in [-0.39, 0.29) is 12.7 Å². The minimum atomic E-state index is -0.0729. The molecule has 0 bridgehead atoms. The van der Waals surface area contributed by atoms with Crippen LogP contribution in [-0.2, 0) is 4.74 Å². The number of morpholine rings is 1. The van der Waals surface area contributed by atoms with Crippen LogP contribution >= 0.6 is 0 Å². The van der Waals surface area contributed by atoms with Gasteiger partial charge in [0.15, 0.2) is 0 Å². The summed E-state index contributed by atoms with van der Waals surface area (Å²) in [4.78, 5) is 2.20. The van der Waals surface area contributed by atoms with Gasteiger partial charge in [-0.3, -0.25) is 0 Å². The van der Waals surface area contributed by atoms with Gasteiger partial charge in [0.1, 0.15) is 0 Å². The van der Waals surface area contributed by atoms with Gasteiger partial charge in [0.2, 0.25) is 0 Å². The summed E-state index contributed by atoms with van der Waals surface area (Å²) in [5.74, 6) is 0. The standard InChI is InChI=1S/C11H16N2O2/c12-9-1-3-10(4-2-9)13-5-6-15-11(7-13)8-14/h1-4,11,14H,5-8,12H2. The molecule has 1 aliphatic heterocycles. The molecule has 1 aromatic carbocycles. The molecule has 0 amide bonds. The third-order valence-corrected chi connectivity index (χ3v) is 2.60. The number of aliphatic hydroxyl groups excluding tert-OH is 1. The second kappa shape index (κ2) is 4.51. The van der Waals surface area contributed by atoms with Crippen LogP contribution in [0.25, 0.3) is 0 Å². The molecular formula is C11H16N2O2. The average Bonchev–Trinajstić information content (AvgIpc) is 2.30. The highest BCUT2D eigenvalue weighted by Crippen LogP contribution is 2.18. The molecule has 1 saturated heterocycles. The number of nitrogens with two attached hydrogens (primary N) is 1. The third kappa shape index (κ3) is 2.40. The molecule has 4 nitrogen and oxygen atoms in total. The van der Waals surface area contributed by atoms with Crippen LogP contribution in [-0.4, -0.2) is 37.5 Å². The van der Waals surface area contributed by atoms with Crippen LogP contribution in [0.4, 0.5) is 11.4 Å². The van der Waals surface area contributed by atoms with Crippen molar-refractivity contribution >= 4 is 11.4 Å². The van der Waals surface area contributed by atoms with E-state index in [1.807, 2.05) is 24.3 Å². The molecule has 82 valence electrons. The van der Waals surface area contributed by atoms with Crippen molar-refractivity contribution < 1.29 is 9.84 Å². The van der Waals surface area contributed by atoms with Crippen molar-refractivity contribution in [2.45, 2.75) is 6.10 Å². The van der Waals surface area contributed by atoms with Crippen molar-refractivity contribution in [1.29, 1.82) is 0 Å². The molecule has 1 unspecified atom stereocenters. The van der Waals surface area contributed by atoms with E-state index in [4.69, 9.17) is 15.6 Å². The maximum Gasteiger partial charge on any atom is 0.0980 e. The van der Waals surface area contributed by atoms with E-state index in [0.717, 1.165) is 24.5 Å². The fraction of sp³-hybridized carbons (Fsp3) is 0.455. The minimum absolute atomic E-state index is 0.0729. The second-order valence-corrected chi connectivity index (χ2v) is 3.71. The van der Waals surface area contributed by atoms with Crippen molar-refractivity contribution in [1.82, 2.24) is 0 Å². The highest BCUT2D eigenvalue weighted by atomic mass is 16.5. The summed E-state index contributed by atoms with van der Waals surface area (Å²) in [7, 11) is 0. The Bertz CT molecular complexity index is 313. The number of rotatable bonds is 2. The number of nitrogens with zero attached hydrogens (tertiary/aromatic N) is 1. The van der Waals surface area contributed by atoms with Crippen molar-refractivity contribution in [2.24, 2.45) is 0 Å². The first-order chi connectivity index (χ1) is 7.29. The van der Waals surface area contributed by atoms with Gasteiger partial charge in [-0.1, -0.05) is 0 Å². The van der Waals surface area contributed by atoms with Crippen molar-refractivity contribution in [3.05, 3.63) is 24.3 Å². The molecular weight excluding hydrogens is 192 g/mol. The molecule has 0 radical (unpaired) electrons. The first-order valence-electron chi connectivity index (χ1n) is 5.12. The monoisotopic (exact) mass is 208 g/mol. The van der Waals surface area contributed by atoms with E-state index in [0.29, 0.717) is 6.61 Å². The van der Waals surface area contributed by atoms with Crippen molar-refractivity contribution in [3.8, 4) is 0 Å². The largest absolute Gasteiger partial charge is 0.399 e. The van der Waals surface area contributed by atoms with Gasteiger partial charge in [0, 0.05) is 24.5 Å². The maximum atomic E-state index is 9.03. The average molecular weight is 208 g/mol. The van der Waals surface area contributed by atoms with E-state index in [1.165, 1.54) is 0 Å². The van der Waals surface area contributed by atoms with Gasteiger partial charge in [-0.25, -0.2) is 0 Å². The molecule has 3 N–H and O–H groups in total. The number of anilines is 2. The fourth-order valence-corrected chi connectivity index (χ4v) is 1.75. The molecule has 1 aromatic rings. The smallest absolute Gasteiger partial charge is 0.0980 e. The molecule has 2 rings (SSSR count). The number of aliphatic hydroxyl groups is 1. The maximum absolute atomic E-state index is 9.03. The lowest BCUT2D eigenvalue weighted by Gasteiger charge is -2.33. The van der Waals surface area contributed by atoms with Crippen LogP contribution in [0.1, 0.15) is 0 Å². The van der Waals surface area contributed by atoms with Gasteiger partial charge in [-0.15, -0.1) is 0 Å². The van der Waals surface area contributed by atoms with Gasteiger partial charge in [0.25, 0.3) is 0 Å². The molecule has 1 aliphatic rings. The topological polar surface area (TPSA) is 58.7 Å². The summed E-state index contributed by atoms with van der Waals surface area (Å²) in [5, 5.41) is 9.03. The van der Waals surface area contributed by atoms with Crippen molar-refractivity contribution in [3.63, 3.8) is 0 Å². The van der Waals surface area contributed by atoms with E-state index in [2.05, 4.69) is 4.90 Å². The minimum Gasteiger partial charge on any atom is -0.399 e. The lowest BCUT2D eigenvalue weighted by atomic mass is 10.2. The van der Waals surface area contributed by atoms with E-state index in [1.54, 1.807) is 0 Å². The predicted octanol–water partition coefficient (Wildman–Crippen LogP) is 0.466. The van der Waals surface area contributed by atoms with Crippen LogP contribution in [0.3, 0.4) is 0 Å². The van der Waals surface area contributed by atoms with Gasteiger partial charge in [0.05, 0.1) is 19.3 Å². The van der Waals surface area contributed by atoms with Gasteiger partial charge in [-0.05, 0) is 24.3 Å². The van der Waals surface area contributed by atoms with Crippen LogP contribution in [0.15, 0.2) is 24.3 Å². The number of hydrogen-bond acceptors (Lipinski definition) is 4. The Balaban J connectivity index is 2.06. The SMILES string of the molecule is Nc1ccc(N2CCOC(CO)C2)cc1. The molecule has 0 aromatic heterocycles. The summed E-state index contributed by atoms with van der Waals surface area (Å²) in [6.07, 6.45) is -0.0729. The van der Waals surface area contributed by atoms with E-state index >= 15 is 0 Å². The number of ether oxygens (including phenoxy) is 1. The molecule has 0 spiro atoms. The Labute approximate surface area is 89.3 Å². The lowest BCUT2D eigenvalue weighted by molar-refractivity contribution is 0.00357. The zero-order valence-electron chi connectivity index (χ0n) is 8.60. The Morgan fingerprint density at radius 3 is 2.80 bits per heavy atom. The Hall–Kier alpha value is -1.26. The summed E-state index contributed by atoms with van der Waals surface area (Å²) >= 11 is 0. The van der Waals surface area contributed by atoms with Gasteiger partial charge < -0.3 is 20.5 Å².